The number of carbonyl (C=O) groups excluding carboxylic acids is 1. The SMILES string of the molecule is CC(C)c1cc(-c2cc3c(cn2)CCc2cc(-c4ccccc4)ncc2-3)[c-]c2ccccc12.CCC(CC)C(=O)/C=C(\O)C(CC)CC.[Ir]. The fourth-order valence-electron chi connectivity index (χ4n) is 6.72. The second-order valence-corrected chi connectivity index (χ2v) is 13.2. The van der Waals surface area contributed by atoms with E-state index in [2.05, 4.69) is 92.8 Å². The maximum atomic E-state index is 11.7. The first kappa shape index (κ1) is 37.9. The van der Waals surface area contributed by atoms with Crippen molar-refractivity contribution in [3.8, 4) is 33.6 Å². The predicted molar refractivity (Wildman–Crippen MR) is 200 cm³/mol. The van der Waals surface area contributed by atoms with Gasteiger partial charge in [0.05, 0.1) is 11.5 Å². The Balaban J connectivity index is 0.000000290. The number of nitrogens with zero attached hydrogens (tertiary/aromatic N) is 2. The fraction of sp³-hybridized carbons (Fsp3) is 0.341. The number of aliphatic hydroxyl groups excluding tert-OH is 1. The molecule has 0 fully saturated rings. The Labute approximate surface area is 306 Å². The number of benzene rings is 3. The maximum Gasteiger partial charge on any atom is 0.162 e. The molecular weight excluding hydrogens is 781 g/mol. The molecule has 0 aliphatic heterocycles. The monoisotopic (exact) mass is 830 g/mol. The third-order valence-electron chi connectivity index (χ3n) is 9.79. The van der Waals surface area contributed by atoms with Crippen molar-refractivity contribution in [2.24, 2.45) is 11.8 Å². The van der Waals surface area contributed by atoms with Crippen molar-refractivity contribution in [2.75, 3.05) is 0 Å². The van der Waals surface area contributed by atoms with Gasteiger partial charge < -0.3 is 5.11 Å². The van der Waals surface area contributed by atoms with E-state index < -0.39 is 0 Å². The van der Waals surface area contributed by atoms with Gasteiger partial charge in [0.25, 0.3) is 0 Å². The van der Waals surface area contributed by atoms with E-state index in [0.717, 1.165) is 66.4 Å². The van der Waals surface area contributed by atoms with Gasteiger partial charge in [0.1, 0.15) is 0 Å². The number of ketones is 1. The van der Waals surface area contributed by atoms with E-state index in [1.165, 1.54) is 39.3 Å². The van der Waals surface area contributed by atoms with Crippen LogP contribution in [-0.4, -0.2) is 20.9 Å². The van der Waals surface area contributed by atoms with Crippen LogP contribution < -0.4 is 0 Å². The van der Waals surface area contributed by atoms with Crippen LogP contribution in [0.5, 0.6) is 0 Å². The molecule has 0 bridgehead atoms. The van der Waals surface area contributed by atoms with Gasteiger partial charge in [-0.05, 0) is 67.2 Å². The zero-order valence-electron chi connectivity index (χ0n) is 29.7. The Morgan fingerprint density at radius 3 is 2.08 bits per heavy atom. The molecule has 257 valence electrons. The van der Waals surface area contributed by atoms with Crippen LogP contribution in [0, 0.1) is 17.9 Å². The minimum absolute atomic E-state index is 0. The first-order valence-electron chi connectivity index (χ1n) is 17.7. The molecule has 0 saturated heterocycles. The average Bonchev–Trinajstić information content (AvgIpc) is 3.12. The molecule has 5 aromatic rings. The second kappa shape index (κ2) is 17.6. The van der Waals surface area contributed by atoms with Crippen molar-refractivity contribution in [1.82, 2.24) is 9.97 Å². The van der Waals surface area contributed by atoms with Crippen LogP contribution in [-0.2, 0) is 37.7 Å². The number of hydrogen-bond donors (Lipinski definition) is 1. The van der Waals surface area contributed by atoms with Crippen LogP contribution in [0.2, 0.25) is 0 Å². The van der Waals surface area contributed by atoms with Gasteiger partial charge in [-0.2, -0.15) is 0 Å². The van der Waals surface area contributed by atoms with Crippen LogP contribution in [0.15, 0.2) is 97.0 Å². The summed E-state index contributed by atoms with van der Waals surface area (Å²) < 4.78 is 0. The maximum absolute atomic E-state index is 11.7. The molecule has 0 atom stereocenters. The van der Waals surface area contributed by atoms with Crippen LogP contribution in [0.1, 0.15) is 89.8 Å². The molecule has 0 unspecified atom stereocenters. The normalized spacial score (nSPS) is 12.3. The summed E-state index contributed by atoms with van der Waals surface area (Å²) >= 11 is 0. The zero-order chi connectivity index (χ0) is 34.2. The molecule has 2 aromatic heterocycles. The van der Waals surface area contributed by atoms with Crippen LogP contribution >= 0.6 is 0 Å². The summed E-state index contributed by atoms with van der Waals surface area (Å²) in [6.07, 6.45) is 11.0. The molecule has 2 heterocycles. The van der Waals surface area contributed by atoms with E-state index in [1.54, 1.807) is 0 Å². The van der Waals surface area contributed by atoms with Gasteiger partial charge in [0.15, 0.2) is 5.78 Å². The number of carbonyl (C=O) groups is 1. The Bertz CT molecular complexity index is 1890. The number of aryl methyl sites for hydroxylation is 2. The minimum atomic E-state index is 0. The Morgan fingerprint density at radius 2 is 1.41 bits per heavy atom. The number of rotatable bonds is 10. The summed E-state index contributed by atoms with van der Waals surface area (Å²) in [7, 11) is 0. The van der Waals surface area contributed by atoms with E-state index in [4.69, 9.17) is 9.97 Å². The van der Waals surface area contributed by atoms with Crippen LogP contribution in [0.3, 0.4) is 0 Å². The smallest absolute Gasteiger partial charge is 0.162 e. The van der Waals surface area contributed by atoms with Gasteiger partial charge in [-0.15, -0.1) is 29.1 Å². The second-order valence-electron chi connectivity index (χ2n) is 13.2. The topological polar surface area (TPSA) is 63.1 Å². The summed E-state index contributed by atoms with van der Waals surface area (Å²) in [6, 6.07) is 29.3. The van der Waals surface area contributed by atoms with Gasteiger partial charge in [-0.25, -0.2) is 0 Å². The standard InChI is InChI=1S/C31H25N2.C13H24O2.Ir/c1-20(2)27-15-25(14-22-10-6-7-11-26(22)27)31-17-28-24(18-32-31)13-12-23-16-30(33-19-29(23)28)21-8-4-3-5-9-21;1-5-10(6-2)12(14)9-13(15)11(7-3)8-4;/h3-11,15-20H,12-13H2,1-2H3;9-11,14H,5-8H2,1-4H3;/q-1;;/b;12-9-;. The van der Waals surface area contributed by atoms with Gasteiger partial charge in [0, 0.05) is 67.2 Å². The molecule has 49 heavy (non-hydrogen) atoms. The average molecular weight is 830 g/mol. The van der Waals surface area contributed by atoms with Crippen molar-refractivity contribution in [1.29, 1.82) is 0 Å². The van der Waals surface area contributed by atoms with Gasteiger partial charge >= 0.3 is 0 Å². The molecule has 5 heteroatoms. The number of allylic oxidation sites excluding steroid dienone is 2. The molecule has 1 aliphatic rings. The Morgan fingerprint density at radius 1 is 0.776 bits per heavy atom. The molecular formula is C44H49IrN2O2-. The molecule has 0 amide bonds. The van der Waals surface area contributed by atoms with E-state index >= 15 is 0 Å². The number of hydrogen-bond acceptors (Lipinski definition) is 4. The van der Waals surface area contributed by atoms with E-state index in [0.29, 0.717) is 5.92 Å². The van der Waals surface area contributed by atoms with Crippen molar-refractivity contribution in [2.45, 2.75) is 86.0 Å². The summed E-state index contributed by atoms with van der Waals surface area (Å²) in [5.41, 5.74) is 10.7. The number of pyridine rings is 2. The van der Waals surface area contributed by atoms with Gasteiger partial charge in [-0.3, -0.25) is 14.8 Å². The molecule has 0 spiro atoms. The van der Waals surface area contributed by atoms with Crippen molar-refractivity contribution < 1.29 is 30.0 Å². The Kier molecular flexibility index (Phi) is 13.6. The number of fused-ring (bicyclic) bond motifs is 4. The number of aliphatic hydroxyl groups is 1. The summed E-state index contributed by atoms with van der Waals surface area (Å²) in [5, 5.41) is 12.2. The molecule has 4 nitrogen and oxygen atoms in total. The number of aromatic nitrogens is 2. The minimum Gasteiger partial charge on any atom is -0.512 e. The fourth-order valence-corrected chi connectivity index (χ4v) is 6.72. The quantitative estimate of drug-likeness (QED) is 0.0865. The Hall–Kier alpha value is -3.92. The summed E-state index contributed by atoms with van der Waals surface area (Å²) in [4.78, 5) is 21.4. The molecule has 3 aromatic carbocycles. The molecule has 1 radical (unpaired) electrons. The zero-order valence-corrected chi connectivity index (χ0v) is 32.1. The van der Waals surface area contributed by atoms with E-state index in [-0.39, 0.29) is 43.5 Å². The van der Waals surface area contributed by atoms with Crippen LogP contribution in [0.4, 0.5) is 0 Å². The first-order valence-corrected chi connectivity index (χ1v) is 17.7. The largest absolute Gasteiger partial charge is 0.512 e. The molecule has 1 aliphatic carbocycles. The van der Waals surface area contributed by atoms with Crippen molar-refractivity contribution in [3.63, 3.8) is 0 Å². The molecule has 0 saturated carbocycles. The van der Waals surface area contributed by atoms with Crippen molar-refractivity contribution >= 4 is 16.6 Å². The van der Waals surface area contributed by atoms with Gasteiger partial charge in [-0.1, -0.05) is 107 Å². The third kappa shape index (κ3) is 8.82. The van der Waals surface area contributed by atoms with Crippen molar-refractivity contribution in [3.05, 3.63) is 120 Å². The third-order valence-corrected chi connectivity index (χ3v) is 9.79. The molecule has 6 rings (SSSR count). The van der Waals surface area contributed by atoms with Crippen LogP contribution in [0.25, 0.3) is 44.4 Å². The first-order chi connectivity index (χ1) is 23.3. The summed E-state index contributed by atoms with van der Waals surface area (Å²) in [5.74, 6) is 0.980. The van der Waals surface area contributed by atoms with Gasteiger partial charge in [0.2, 0.25) is 0 Å². The van der Waals surface area contributed by atoms with E-state index in [9.17, 15) is 9.90 Å². The summed E-state index contributed by atoms with van der Waals surface area (Å²) in [6.45, 7) is 12.6. The predicted octanol–water partition coefficient (Wildman–Crippen LogP) is 11.5. The van der Waals surface area contributed by atoms with E-state index in [1.807, 2.05) is 40.0 Å². The molecule has 1 N–H and O–H groups in total.